The van der Waals surface area contributed by atoms with Crippen molar-refractivity contribution in [1.29, 1.82) is 0 Å². The molecule has 6 heteroatoms. The number of ether oxygens (including phenoxy) is 1. The molecule has 1 aromatic heterocycles. The van der Waals surface area contributed by atoms with Gasteiger partial charge in [-0.2, -0.15) is 0 Å². The van der Waals surface area contributed by atoms with Crippen molar-refractivity contribution in [3.8, 4) is 11.8 Å². The number of rotatable bonds is 3. The number of nitrogens with one attached hydrogen (secondary N) is 2. The number of hydrogen-bond donors (Lipinski definition) is 2. The summed E-state index contributed by atoms with van der Waals surface area (Å²) in [5, 5.41) is 2.50. The molecular formula is C15H13N3O3. The van der Waals surface area contributed by atoms with Crippen LogP contribution in [0, 0.1) is 11.8 Å². The fourth-order valence-corrected chi connectivity index (χ4v) is 1.44. The van der Waals surface area contributed by atoms with Gasteiger partial charge in [0.2, 0.25) is 0 Å². The zero-order valence-electron chi connectivity index (χ0n) is 11.1. The zero-order valence-corrected chi connectivity index (χ0v) is 11.1. The van der Waals surface area contributed by atoms with Gasteiger partial charge in [0.1, 0.15) is 12.3 Å². The maximum absolute atomic E-state index is 11.4. The van der Waals surface area contributed by atoms with E-state index < -0.39 is 6.09 Å². The Bertz CT molecular complexity index is 694. The van der Waals surface area contributed by atoms with Crippen molar-refractivity contribution in [1.82, 2.24) is 15.3 Å². The molecule has 0 aliphatic carbocycles. The minimum absolute atomic E-state index is 0.133. The van der Waals surface area contributed by atoms with Gasteiger partial charge in [0.05, 0.1) is 12.7 Å². The lowest BCUT2D eigenvalue weighted by Gasteiger charge is -2.04. The fraction of sp³-hybridized carbons (Fsp3) is 0.133. The van der Waals surface area contributed by atoms with Crippen molar-refractivity contribution in [3.05, 3.63) is 64.3 Å². The summed E-state index contributed by atoms with van der Waals surface area (Å²) in [6, 6.07) is 9.38. The van der Waals surface area contributed by atoms with Gasteiger partial charge in [-0.3, -0.25) is 4.79 Å². The molecule has 1 amide bonds. The van der Waals surface area contributed by atoms with Gasteiger partial charge in [-0.05, 0) is 11.5 Å². The minimum Gasteiger partial charge on any atom is -0.445 e. The van der Waals surface area contributed by atoms with Crippen molar-refractivity contribution >= 4 is 6.09 Å². The van der Waals surface area contributed by atoms with Gasteiger partial charge in [-0.1, -0.05) is 36.3 Å². The van der Waals surface area contributed by atoms with Crippen LogP contribution in [-0.4, -0.2) is 22.6 Å². The lowest BCUT2D eigenvalue weighted by Crippen LogP contribution is -2.24. The number of carbonyl (C=O) groups is 1. The summed E-state index contributed by atoms with van der Waals surface area (Å²) in [6.45, 7) is 0.343. The first kappa shape index (κ1) is 14.3. The van der Waals surface area contributed by atoms with Crippen LogP contribution in [0.5, 0.6) is 0 Å². The molecule has 0 saturated carbocycles. The van der Waals surface area contributed by atoms with Crippen LogP contribution >= 0.6 is 0 Å². The normalized spacial score (nSPS) is 9.33. The Labute approximate surface area is 121 Å². The highest BCUT2D eigenvalue weighted by atomic mass is 16.5. The fourth-order valence-electron chi connectivity index (χ4n) is 1.44. The number of H-pyrrole nitrogens is 1. The molecule has 2 aromatic rings. The molecule has 0 bridgehead atoms. The Kier molecular flexibility index (Phi) is 5.12. The maximum Gasteiger partial charge on any atom is 0.408 e. The first-order valence-electron chi connectivity index (χ1n) is 6.22. The van der Waals surface area contributed by atoms with Crippen molar-refractivity contribution in [2.45, 2.75) is 6.61 Å². The van der Waals surface area contributed by atoms with E-state index in [1.807, 2.05) is 30.3 Å². The van der Waals surface area contributed by atoms with Crippen molar-refractivity contribution in [3.63, 3.8) is 0 Å². The summed E-state index contributed by atoms with van der Waals surface area (Å²) >= 11 is 0. The van der Waals surface area contributed by atoms with E-state index in [0.29, 0.717) is 5.69 Å². The van der Waals surface area contributed by atoms with E-state index in [9.17, 15) is 9.59 Å². The van der Waals surface area contributed by atoms with Gasteiger partial charge in [-0.15, -0.1) is 0 Å². The Balaban J connectivity index is 1.72. The number of benzene rings is 1. The van der Waals surface area contributed by atoms with Gasteiger partial charge >= 0.3 is 6.09 Å². The standard InChI is InChI=1S/C15H13N3O3/c19-14-10-17-13(9-18-14)7-4-8-16-15(20)21-11-12-5-2-1-3-6-12/h1-3,5-6,9-10H,8,11H2,(H,16,20)(H,18,19). The second-order valence-corrected chi connectivity index (χ2v) is 4.01. The third-order valence-electron chi connectivity index (χ3n) is 2.42. The molecule has 0 fully saturated rings. The Morgan fingerprint density at radius 2 is 2.14 bits per heavy atom. The molecule has 1 aromatic carbocycles. The summed E-state index contributed by atoms with van der Waals surface area (Å²) in [4.78, 5) is 28.5. The van der Waals surface area contributed by atoms with E-state index in [1.165, 1.54) is 6.20 Å². The van der Waals surface area contributed by atoms with Crippen LogP contribution in [0.15, 0.2) is 47.5 Å². The molecule has 0 unspecified atom stereocenters. The summed E-state index contributed by atoms with van der Waals surface area (Å²) in [5.74, 6) is 5.40. The SMILES string of the molecule is O=C(NCC#Cc1c[nH]c(=O)cn1)OCc1ccccc1. The summed E-state index contributed by atoms with van der Waals surface area (Å²) in [6.07, 6.45) is 2.01. The topological polar surface area (TPSA) is 84.1 Å². The predicted molar refractivity (Wildman–Crippen MR) is 76.4 cm³/mol. The molecule has 0 atom stereocenters. The van der Waals surface area contributed by atoms with Crippen molar-refractivity contribution in [2.75, 3.05) is 6.54 Å². The largest absolute Gasteiger partial charge is 0.445 e. The third-order valence-corrected chi connectivity index (χ3v) is 2.42. The summed E-state index contributed by atoms with van der Waals surface area (Å²) < 4.78 is 5.02. The van der Waals surface area contributed by atoms with Crippen LogP contribution < -0.4 is 10.9 Å². The third kappa shape index (κ3) is 5.20. The van der Waals surface area contributed by atoms with Gasteiger partial charge in [0.15, 0.2) is 0 Å². The molecule has 1 heterocycles. The average molecular weight is 283 g/mol. The number of alkyl carbamates (subject to hydrolysis) is 1. The van der Waals surface area contributed by atoms with Gasteiger partial charge in [0, 0.05) is 6.20 Å². The minimum atomic E-state index is -0.539. The first-order valence-corrected chi connectivity index (χ1v) is 6.22. The van der Waals surface area contributed by atoms with E-state index >= 15 is 0 Å². The molecule has 106 valence electrons. The quantitative estimate of drug-likeness (QED) is 0.825. The molecule has 2 rings (SSSR count). The zero-order chi connectivity index (χ0) is 14.9. The van der Waals surface area contributed by atoms with Crippen molar-refractivity contribution < 1.29 is 9.53 Å². The Hall–Kier alpha value is -3.07. The molecule has 0 aliphatic rings. The lowest BCUT2D eigenvalue weighted by molar-refractivity contribution is 0.141. The first-order chi connectivity index (χ1) is 10.2. The van der Waals surface area contributed by atoms with Crippen LogP contribution in [0.3, 0.4) is 0 Å². The average Bonchev–Trinajstić information content (AvgIpc) is 2.52. The van der Waals surface area contributed by atoms with Crippen molar-refractivity contribution in [2.24, 2.45) is 0 Å². The molecule has 0 radical (unpaired) electrons. The van der Waals surface area contributed by atoms with Crippen LogP contribution in [0.2, 0.25) is 0 Å². The maximum atomic E-state index is 11.4. The van der Waals surface area contributed by atoms with E-state index in [1.54, 1.807) is 0 Å². The van der Waals surface area contributed by atoms with E-state index in [4.69, 9.17) is 4.74 Å². The van der Waals surface area contributed by atoms with E-state index in [2.05, 4.69) is 27.1 Å². The molecule has 0 aliphatic heterocycles. The monoisotopic (exact) mass is 283 g/mol. The number of aromatic nitrogens is 2. The smallest absolute Gasteiger partial charge is 0.408 e. The highest BCUT2D eigenvalue weighted by Crippen LogP contribution is 2.00. The number of amides is 1. The molecular weight excluding hydrogens is 270 g/mol. The molecule has 2 N–H and O–H groups in total. The van der Waals surface area contributed by atoms with Gasteiger partial charge in [0.25, 0.3) is 5.56 Å². The highest BCUT2D eigenvalue weighted by Gasteiger charge is 2.00. The summed E-state index contributed by atoms with van der Waals surface area (Å²) in [5.41, 5.74) is 1.05. The number of hydrogen-bond acceptors (Lipinski definition) is 4. The van der Waals surface area contributed by atoms with E-state index in [0.717, 1.165) is 11.8 Å². The molecule has 0 saturated heterocycles. The Morgan fingerprint density at radius 3 is 2.86 bits per heavy atom. The molecule has 0 spiro atoms. The molecule has 6 nitrogen and oxygen atoms in total. The molecule has 21 heavy (non-hydrogen) atoms. The second kappa shape index (κ2) is 7.50. The van der Waals surface area contributed by atoms with Gasteiger partial charge in [-0.25, -0.2) is 9.78 Å². The van der Waals surface area contributed by atoms with Crippen LogP contribution in [0.25, 0.3) is 0 Å². The number of carbonyl (C=O) groups excluding carboxylic acids is 1. The van der Waals surface area contributed by atoms with Crippen LogP contribution in [0.1, 0.15) is 11.3 Å². The number of aromatic amines is 1. The van der Waals surface area contributed by atoms with Crippen LogP contribution in [0.4, 0.5) is 4.79 Å². The predicted octanol–water partition coefficient (Wildman–Crippen LogP) is 1.05. The lowest BCUT2D eigenvalue weighted by atomic mass is 10.2. The van der Waals surface area contributed by atoms with Crippen LogP contribution in [-0.2, 0) is 11.3 Å². The van der Waals surface area contributed by atoms with E-state index in [-0.39, 0.29) is 18.7 Å². The highest BCUT2D eigenvalue weighted by molar-refractivity contribution is 5.67. The number of nitrogens with zero attached hydrogens (tertiary/aromatic N) is 1. The second-order valence-electron chi connectivity index (χ2n) is 4.01. The Morgan fingerprint density at radius 1 is 1.33 bits per heavy atom. The van der Waals surface area contributed by atoms with Gasteiger partial charge < -0.3 is 15.0 Å². The summed E-state index contributed by atoms with van der Waals surface area (Å²) in [7, 11) is 0.